The number of nitrogens with one attached hydrogen (secondary N) is 2. The van der Waals surface area contributed by atoms with Gasteiger partial charge in [-0.1, -0.05) is 0 Å². The first-order valence-electron chi connectivity index (χ1n) is 6.57. The molecule has 2 N–H and O–H groups in total. The molecule has 0 saturated carbocycles. The van der Waals surface area contributed by atoms with E-state index in [1.807, 2.05) is 0 Å². The Morgan fingerprint density at radius 2 is 1.90 bits per heavy atom. The maximum Gasteiger partial charge on any atom is 0.319 e. The van der Waals surface area contributed by atoms with Gasteiger partial charge in [0.1, 0.15) is 11.9 Å². The van der Waals surface area contributed by atoms with Gasteiger partial charge in [0.25, 0.3) is 5.91 Å². The van der Waals surface area contributed by atoms with Crippen molar-refractivity contribution in [1.29, 1.82) is 0 Å². The minimum atomic E-state index is -0.861. The molecule has 1 aromatic rings. The van der Waals surface area contributed by atoms with Gasteiger partial charge in [0.15, 0.2) is 0 Å². The zero-order valence-corrected chi connectivity index (χ0v) is 11.7. The molecule has 21 heavy (non-hydrogen) atoms. The molecule has 1 saturated heterocycles. The molecule has 112 valence electrons. The maximum atomic E-state index is 12.7. The third-order valence-corrected chi connectivity index (χ3v) is 3.11. The highest BCUT2D eigenvalue weighted by molar-refractivity contribution is 6.07. The first kappa shape index (κ1) is 15.0. The highest BCUT2D eigenvalue weighted by atomic mass is 19.1. The number of hydrogen-bond acceptors (Lipinski definition) is 3. The normalized spacial score (nSPS) is 18.3. The molecule has 2 rings (SSSR count). The van der Waals surface area contributed by atoms with Crippen LogP contribution in [0.3, 0.4) is 0 Å². The summed E-state index contributed by atoms with van der Waals surface area (Å²) >= 11 is 0. The van der Waals surface area contributed by atoms with Crippen molar-refractivity contribution in [1.82, 2.24) is 10.2 Å². The van der Waals surface area contributed by atoms with Crippen molar-refractivity contribution in [2.45, 2.75) is 32.4 Å². The number of anilines is 1. The number of benzene rings is 1. The van der Waals surface area contributed by atoms with Gasteiger partial charge in [-0.25, -0.2) is 9.18 Å². The molecule has 1 aromatic carbocycles. The van der Waals surface area contributed by atoms with Gasteiger partial charge >= 0.3 is 6.03 Å². The van der Waals surface area contributed by atoms with E-state index < -0.39 is 23.8 Å². The molecule has 1 aliphatic heterocycles. The molecule has 0 radical (unpaired) electrons. The van der Waals surface area contributed by atoms with Crippen molar-refractivity contribution in [2.24, 2.45) is 0 Å². The largest absolute Gasteiger partial charge is 0.326 e. The molecule has 1 heterocycles. The zero-order valence-electron chi connectivity index (χ0n) is 11.7. The first-order valence-corrected chi connectivity index (χ1v) is 6.57. The first-order chi connectivity index (χ1) is 9.88. The van der Waals surface area contributed by atoms with Gasteiger partial charge in [-0.2, -0.15) is 0 Å². The quantitative estimate of drug-likeness (QED) is 0.829. The lowest BCUT2D eigenvalue weighted by atomic mass is 10.2. The molecule has 1 aliphatic rings. The second kappa shape index (κ2) is 5.90. The number of halogens is 1. The Morgan fingerprint density at radius 1 is 1.29 bits per heavy atom. The molecule has 1 atom stereocenters. The summed E-state index contributed by atoms with van der Waals surface area (Å²) in [7, 11) is 0. The molecule has 0 aromatic heterocycles. The van der Waals surface area contributed by atoms with Crippen LogP contribution in [0.1, 0.15) is 20.3 Å². The van der Waals surface area contributed by atoms with Crippen LogP contribution in [0.25, 0.3) is 0 Å². The fraction of sp³-hybridized carbons (Fsp3) is 0.357. The van der Waals surface area contributed by atoms with Crippen LogP contribution < -0.4 is 10.6 Å². The highest BCUT2D eigenvalue weighted by Gasteiger charge is 2.40. The Hall–Kier alpha value is -2.44. The number of carbonyl (C=O) groups is 3. The fourth-order valence-corrected chi connectivity index (χ4v) is 2.16. The molecule has 1 fully saturated rings. The smallest absolute Gasteiger partial charge is 0.319 e. The standard InChI is InChI=1S/C14H16FN3O3/c1-8(2)18-12(19)7-11(13(18)20)17-14(21)16-10-5-3-9(15)4-6-10/h3-6,8,11H,7H2,1-2H3,(H2,16,17,21). The molecule has 1 unspecified atom stereocenters. The third kappa shape index (κ3) is 3.36. The van der Waals surface area contributed by atoms with E-state index in [0.29, 0.717) is 5.69 Å². The monoisotopic (exact) mass is 293 g/mol. The van der Waals surface area contributed by atoms with Crippen LogP contribution in [0.4, 0.5) is 14.9 Å². The van der Waals surface area contributed by atoms with Crippen LogP contribution in [-0.2, 0) is 9.59 Å². The second-order valence-corrected chi connectivity index (χ2v) is 5.06. The van der Waals surface area contributed by atoms with E-state index in [9.17, 15) is 18.8 Å². The minimum absolute atomic E-state index is 0.0478. The minimum Gasteiger partial charge on any atom is -0.326 e. The van der Waals surface area contributed by atoms with E-state index >= 15 is 0 Å². The van der Waals surface area contributed by atoms with Crippen molar-refractivity contribution in [3.8, 4) is 0 Å². The molecule has 7 heteroatoms. The van der Waals surface area contributed by atoms with E-state index in [2.05, 4.69) is 10.6 Å². The summed E-state index contributed by atoms with van der Waals surface area (Å²) < 4.78 is 12.7. The summed E-state index contributed by atoms with van der Waals surface area (Å²) in [6.07, 6.45) is -0.0478. The van der Waals surface area contributed by atoms with Crippen LogP contribution in [0.5, 0.6) is 0 Å². The van der Waals surface area contributed by atoms with Crippen LogP contribution in [-0.4, -0.2) is 34.8 Å². The van der Waals surface area contributed by atoms with E-state index in [0.717, 1.165) is 4.90 Å². The van der Waals surface area contributed by atoms with E-state index in [4.69, 9.17) is 0 Å². The average molecular weight is 293 g/mol. The number of carbonyl (C=O) groups excluding carboxylic acids is 3. The Balaban J connectivity index is 1.96. The Bertz CT molecular complexity index is 571. The number of urea groups is 1. The van der Waals surface area contributed by atoms with E-state index in [1.165, 1.54) is 24.3 Å². The predicted octanol–water partition coefficient (Wildman–Crippen LogP) is 1.48. The topological polar surface area (TPSA) is 78.5 Å². The zero-order chi connectivity index (χ0) is 15.6. The van der Waals surface area contributed by atoms with Crippen LogP contribution >= 0.6 is 0 Å². The Labute approximate surface area is 121 Å². The number of hydrogen-bond donors (Lipinski definition) is 2. The highest BCUT2D eigenvalue weighted by Crippen LogP contribution is 2.16. The second-order valence-electron chi connectivity index (χ2n) is 5.06. The van der Waals surface area contributed by atoms with Gasteiger partial charge in [-0.15, -0.1) is 0 Å². The van der Waals surface area contributed by atoms with Gasteiger partial charge in [0.05, 0.1) is 6.42 Å². The molecular formula is C14H16FN3O3. The van der Waals surface area contributed by atoms with Crippen molar-refractivity contribution >= 4 is 23.5 Å². The number of imide groups is 1. The molecule has 0 bridgehead atoms. The van der Waals surface area contributed by atoms with Gasteiger partial charge in [-0.3, -0.25) is 14.5 Å². The SMILES string of the molecule is CC(C)N1C(=O)CC(NC(=O)Nc2ccc(F)cc2)C1=O. The summed E-state index contributed by atoms with van der Waals surface area (Å²) in [5.41, 5.74) is 0.395. The summed E-state index contributed by atoms with van der Waals surface area (Å²) in [4.78, 5) is 36.6. The number of likely N-dealkylation sites (tertiary alicyclic amines) is 1. The number of nitrogens with zero attached hydrogens (tertiary/aromatic N) is 1. The molecular weight excluding hydrogens is 277 g/mol. The molecule has 0 spiro atoms. The number of rotatable bonds is 3. The number of amides is 4. The predicted molar refractivity (Wildman–Crippen MR) is 73.9 cm³/mol. The lowest BCUT2D eigenvalue weighted by Gasteiger charge is -2.19. The van der Waals surface area contributed by atoms with Gasteiger partial charge in [0.2, 0.25) is 5.91 Å². The lowest BCUT2D eigenvalue weighted by molar-refractivity contribution is -0.140. The lowest BCUT2D eigenvalue weighted by Crippen LogP contribution is -2.45. The fourth-order valence-electron chi connectivity index (χ4n) is 2.16. The van der Waals surface area contributed by atoms with Crippen molar-refractivity contribution in [3.05, 3.63) is 30.1 Å². The van der Waals surface area contributed by atoms with E-state index in [1.54, 1.807) is 13.8 Å². The van der Waals surface area contributed by atoms with Crippen LogP contribution in [0, 0.1) is 5.82 Å². The molecule has 0 aliphatic carbocycles. The third-order valence-electron chi connectivity index (χ3n) is 3.11. The summed E-state index contributed by atoms with van der Waals surface area (Å²) in [6.45, 7) is 3.47. The Morgan fingerprint density at radius 3 is 2.43 bits per heavy atom. The summed E-state index contributed by atoms with van der Waals surface area (Å²) in [6, 6.07) is 3.50. The van der Waals surface area contributed by atoms with Crippen LogP contribution in [0.15, 0.2) is 24.3 Å². The average Bonchev–Trinajstić information content (AvgIpc) is 2.67. The summed E-state index contributed by atoms with van der Waals surface area (Å²) in [5, 5.41) is 4.93. The van der Waals surface area contributed by atoms with Gasteiger partial charge < -0.3 is 10.6 Å². The van der Waals surface area contributed by atoms with Gasteiger partial charge in [-0.05, 0) is 38.1 Å². The van der Waals surface area contributed by atoms with Gasteiger partial charge in [0, 0.05) is 11.7 Å². The van der Waals surface area contributed by atoms with Crippen molar-refractivity contribution in [3.63, 3.8) is 0 Å². The van der Waals surface area contributed by atoms with Crippen molar-refractivity contribution in [2.75, 3.05) is 5.32 Å². The Kier molecular flexibility index (Phi) is 4.21. The van der Waals surface area contributed by atoms with E-state index in [-0.39, 0.29) is 18.4 Å². The van der Waals surface area contributed by atoms with Crippen LogP contribution in [0.2, 0.25) is 0 Å². The van der Waals surface area contributed by atoms with Crippen molar-refractivity contribution < 1.29 is 18.8 Å². The molecule has 6 nitrogen and oxygen atoms in total. The maximum absolute atomic E-state index is 12.7. The summed E-state index contributed by atoms with van der Waals surface area (Å²) in [5.74, 6) is -1.13. The molecule has 4 amide bonds.